The van der Waals surface area contributed by atoms with Crippen molar-refractivity contribution >= 4 is 17.3 Å². The minimum Gasteiger partial charge on any atom is -0.358 e. The monoisotopic (exact) mass is 267 g/mol. The lowest BCUT2D eigenvalue weighted by atomic mass is 10.2. The molecule has 0 bridgehead atoms. The van der Waals surface area contributed by atoms with Crippen molar-refractivity contribution in [3.8, 4) is 0 Å². The van der Waals surface area contributed by atoms with E-state index in [0.29, 0.717) is 11.7 Å². The number of hydrogen-bond acceptors (Lipinski definition) is 2. The third-order valence-corrected chi connectivity index (χ3v) is 3.22. The van der Waals surface area contributed by atoms with Gasteiger partial charge in [0.25, 0.3) is 0 Å². The van der Waals surface area contributed by atoms with Crippen LogP contribution in [0.5, 0.6) is 0 Å². The molecule has 1 heterocycles. The Morgan fingerprint density at radius 1 is 1.17 bits per heavy atom. The molecule has 2 N–H and O–H groups in total. The summed E-state index contributed by atoms with van der Waals surface area (Å²) in [5.41, 5.74) is 4.19. The van der Waals surface area contributed by atoms with Crippen LogP contribution in [0.15, 0.2) is 24.3 Å². The van der Waals surface area contributed by atoms with E-state index in [-0.39, 0.29) is 5.82 Å². The van der Waals surface area contributed by atoms with Gasteiger partial charge in [-0.05, 0) is 42.8 Å². The van der Waals surface area contributed by atoms with Crippen LogP contribution in [0.1, 0.15) is 24.8 Å². The highest BCUT2D eigenvalue weighted by atomic mass is 32.1. The van der Waals surface area contributed by atoms with Crippen LogP contribution in [-0.2, 0) is 6.54 Å². The average Bonchev–Trinajstić information content (AvgIpc) is 2.39. The SMILES string of the molecule is Fc1ccc(CNC(=S)NN2CCCCC2)cc1. The molecule has 0 atom stereocenters. The Morgan fingerprint density at radius 3 is 2.50 bits per heavy atom. The van der Waals surface area contributed by atoms with Crippen molar-refractivity contribution in [3.63, 3.8) is 0 Å². The van der Waals surface area contributed by atoms with Crippen LogP contribution in [0, 0.1) is 5.82 Å². The molecule has 0 unspecified atom stereocenters. The molecule has 1 aliphatic heterocycles. The van der Waals surface area contributed by atoms with Gasteiger partial charge in [0, 0.05) is 19.6 Å². The topological polar surface area (TPSA) is 27.3 Å². The van der Waals surface area contributed by atoms with Crippen molar-refractivity contribution in [2.75, 3.05) is 13.1 Å². The van der Waals surface area contributed by atoms with Gasteiger partial charge in [-0.1, -0.05) is 18.6 Å². The summed E-state index contributed by atoms with van der Waals surface area (Å²) >= 11 is 5.22. The van der Waals surface area contributed by atoms with E-state index in [4.69, 9.17) is 12.2 Å². The molecule has 0 saturated carbocycles. The van der Waals surface area contributed by atoms with E-state index in [9.17, 15) is 4.39 Å². The fourth-order valence-corrected chi connectivity index (χ4v) is 2.17. The molecule has 3 nitrogen and oxygen atoms in total. The highest BCUT2D eigenvalue weighted by Gasteiger charge is 2.10. The van der Waals surface area contributed by atoms with Crippen molar-refractivity contribution in [2.45, 2.75) is 25.8 Å². The van der Waals surface area contributed by atoms with Gasteiger partial charge in [0.1, 0.15) is 5.82 Å². The maximum atomic E-state index is 12.7. The number of hydrazine groups is 1. The normalized spacial score (nSPS) is 16.3. The molecule has 1 aromatic rings. The van der Waals surface area contributed by atoms with E-state index in [1.807, 2.05) is 0 Å². The van der Waals surface area contributed by atoms with E-state index in [2.05, 4.69) is 15.8 Å². The zero-order valence-corrected chi connectivity index (χ0v) is 11.1. The number of rotatable bonds is 3. The molecule has 98 valence electrons. The van der Waals surface area contributed by atoms with Crippen molar-refractivity contribution in [1.29, 1.82) is 0 Å². The van der Waals surface area contributed by atoms with Crippen LogP contribution in [0.2, 0.25) is 0 Å². The largest absolute Gasteiger partial charge is 0.358 e. The zero-order valence-electron chi connectivity index (χ0n) is 10.3. The number of nitrogens with zero attached hydrogens (tertiary/aromatic N) is 1. The molecule has 1 saturated heterocycles. The maximum Gasteiger partial charge on any atom is 0.181 e. The third kappa shape index (κ3) is 4.23. The molecule has 1 fully saturated rings. The first-order valence-corrected chi connectivity index (χ1v) is 6.69. The molecule has 0 spiro atoms. The molecule has 5 heteroatoms. The standard InChI is InChI=1S/C13H18FN3S/c14-12-6-4-11(5-7-12)10-15-13(18)16-17-8-2-1-3-9-17/h4-7H,1-3,8-10H2,(H2,15,16,18). The number of hydrogen-bond donors (Lipinski definition) is 2. The van der Waals surface area contributed by atoms with E-state index in [1.165, 1.54) is 31.4 Å². The van der Waals surface area contributed by atoms with Gasteiger partial charge in [-0.15, -0.1) is 0 Å². The van der Waals surface area contributed by atoms with Crippen LogP contribution in [0.25, 0.3) is 0 Å². The summed E-state index contributed by atoms with van der Waals surface area (Å²) in [7, 11) is 0. The third-order valence-electron chi connectivity index (χ3n) is 2.98. The number of nitrogens with one attached hydrogen (secondary N) is 2. The quantitative estimate of drug-likeness (QED) is 0.821. The van der Waals surface area contributed by atoms with Gasteiger partial charge in [-0.2, -0.15) is 0 Å². The number of benzene rings is 1. The number of halogens is 1. The molecule has 0 aliphatic carbocycles. The Balaban J connectivity index is 1.72. The van der Waals surface area contributed by atoms with Crippen molar-refractivity contribution in [3.05, 3.63) is 35.6 Å². The molecule has 1 aromatic carbocycles. The highest BCUT2D eigenvalue weighted by Crippen LogP contribution is 2.06. The summed E-state index contributed by atoms with van der Waals surface area (Å²) in [6.07, 6.45) is 3.73. The van der Waals surface area contributed by atoms with Crippen molar-refractivity contribution in [1.82, 2.24) is 15.8 Å². The van der Waals surface area contributed by atoms with E-state index in [1.54, 1.807) is 12.1 Å². The Bertz CT molecular complexity index is 388. The van der Waals surface area contributed by atoms with Gasteiger partial charge >= 0.3 is 0 Å². The minimum absolute atomic E-state index is 0.215. The summed E-state index contributed by atoms with van der Waals surface area (Å²) in [6, 6.07) is 6.42. The summed E-state index contributed by atoms with van der Waals surface area (Å²) in [6.45, 7) is 2.69. The first kappa shape index (κ1) is 13.2. The lowest BCUT2D eigenvalue weighted by Crippen LogP contribution is -2.48. The fraction of sp³-hybridized carbons (Fsp3) is 0.462. The lowest BCUT2D eigenvalue weighted by molar-refractivity contribution is 0.193. The molecule has 1 aliphatic rings. The Kier molecular flexibility index (Phi) is 4.90. The van der Waals surface area contributed by atoms with Crippen molar-refractivity contribution < 1.29 is 4.39 Å². The lowest BCUT2D eigenvalue weighted by Gasteiger charge is -2.28. The summed E-state index contributed by atoms with van der Waals surface area (Å²) in [5.74, 6) is -0.215. The van der Waals surface area contributed by atoms with Crippen LogP contribution >= 0.6 is 12.2 Å². The van der Waals surface area contributed by atoms with Crippen molar-refractivity contribution in [2.24, 2.45) is 0 Å². The van der Waals surface area contributed by atoms with Gasteiger partial charge < -0.3 is 5.32 Å². The second kappa shape index (κ2) is 6.66. The van der Waals surface area contributed by atoms with E-state index < -0.39 is 0 Å². The molecule has 18 heavy (non-hydrogen) atoms. The summed E-state index contributed by atoms with van der Waals surface area (Å²) < 4.78 is 12.7. The number of piperidine rings is 1. The highest BCUT2D eigenvalue weighted by molar-refractivity contribution is 7.80. The first-order valence-electron chi connectivity index (χ1n) is 6.28. The van der Waals surface area contributed by atoms with E-state index in [0.717, 1.165) is 18.7 Å². The minimum atomic E-state index is -0.215. The summed E-state index contributed by atoms with van der Waals surface area (Å²) in [5, 5.41) is 5.89. The van der Waals surface area contributed by atoms with Gasteiger partial charge in [0.05, 0.1) is 0 Å². The second-order valence-electron chi connectivity index (χ2n) is 4.47. The van der Waals surface area contributed by atoms with Gasteiger partial charge in [-0.25, -0.2) is 9.40 Å². The molecule has 0 radical (unpaired) electrons. The number of thiocarbonyl (C=S) groups is 1. The fourth-order valence-electron chi connectivity index (χ4n) is 1.97. The predicted molar refractivity (Wildman–Crippen MR) is 74.4 cm³/mol. The van der Waals surface area contributed by atoms with Crippen LogP contribution in [0.3, 0.4) is 0 Å². The summed E-state index contributed by atoms with van der Waals surface area (Å²) in [4.78, 5) is 0. The Morgan fingerprint density at radius 2 is 1.83 bits per heavy atom. The van der Waals surface area contributed by atoms with Gasteiger partial charge in [-0.3, -0.25) is 5.43 Å². The smallest absolute Gasteiger partial charge is 0.181 e. The predicted octanol–water partition coefficient (Wildman–Crippen LogP) is 2.19. The average molecular weight is 267 g/mol. The van der Waals surface area contributed by atoms with Crippen LogP contribution in [0.4, 0.5) is 4.39 Å². The second-order valence-corrected chi connectivity index (χ2v) is 4.88. The molecule has 2 rings (SSSR count). The molecule has 0 aromatic heterocycles. The van der Waals surface area contributed by atoms with E-state index >= 15 is 0 Å². The molecular formula is C13H18FN3S. The van der Waals surface area contributed by atoms with Gasteiger partial charge in [0.15, 0.2) is 5.11 Å². The van der Waals surface area contributed by atoms with Crippen LogP contribution in [-0.4, -0.2) is 23.2 Å². The van der Waals surface area contributed by atoms with Crippen LogP contribution < -0.4 is 10.7 Å². The zero-order chi connectivity index (χ0) is 12.8. The Labute approximate surface area is 112 Å². The first-order chi connectivity index (χ1) is 8.74. The maximum absolute atomic E-state index is 12.7. The Hall–Kier alpha value is -1.20. The molecule has 0 amide bonds. The van der Waals surface area contributed by atoms with Gasteiger partial charge in [0.2, 0.25) is 0 Å². The molecular weight excluding hydrogens is 249 g/mol.